The average Bonchev–Trinajstić information content (AvgIpc) is 2.90. The Balaban J connectivity index is 2.19. The second kappa shape index (κ2) is 8.06. The van der Waals surface area contributed by atoms with Gasteiger partial charge in [0.1, 0.15) is 6.54 Å². The zero-order valence-corrected chi connectivity index (χ0v) is 13.4. The number of nitrogens with zero attached hydrogens (tertiary/aromatic N) is 3. The minimum Gasteiger partial charge on any atom is -0.466 e. The molecule has 0 radical (unpaired) electrons. The number of ether oxygens (including phenoxy) is 2. The van der Waals surface area contributed by atoms with Gasteiger partial charge in [0.05, 0.1) is 30.7 Å². The summed E-state index contributed by atoms with van der Waals surface area (Å²) >= 11 is 0. The van der Waals surface area contributed by atoms with Gasteiger partial charge < -0.3 is 20.6 Å². The van der Waals surface area contributed by atoms with Crippen LogP contribution in [-0.2, 0) is 25.5 Å². The van der Waals surface area contributed by atoms with Gasteiger partial charge in [0, 0.05) is 0 Å². The first-order valence-electron chi connectivity index (χ1n) is 7.35. The summed E-state index contributed by atoms with van der Waals surface area (Å²) in [5, 5.41) is 7.20. The van der Waals surface area contributed by atoms with E-state index in [1.165, 1.54) is 0 Å². The quantitative estimate of drug-likeness (QED) is 0.366. The van der Waals surface area contributed by atoms with E-state index in [-0.39, 0.29) is 37.9 Å². The van der Waals surface area contributed by atoms with E-state index in [9.17, 15) is 9.59 Å². The molecule has 0 aliphatic carbocycles. The van der Waals surface area contributed by atoms with Crippen LogP contribution in [-0.4, -0.2) is 51.9 Å². The van der Waals surface area contributed by atoms with E-state index in [0.29, 0.717) is 16.7 Å². The highest BCUT2D eigenvalue weighted by molar-refractivity contribution is 5.92. The van der Waals surface area contributed by atoms with Gasteiger partial charge in [-0.2, -0.15) is 15.1 Å². The Hall–Kier alpha value is -2.95. The smallest absolute Gasteiger partial charge is 0.321 e. The molecule has 0 aliphatic rings. The molecule has 0 amide bonds. The van der Waals surface area contributed by atoms with Crippen LogP contribution in [0.3, 0.4) is 0 Å². The lowest BCUT2D eigenvalue weighted by molar-refractivity contribution is -0.143. The number of hydrazine groups is 1. The molecule has 0 unspecified atom stereocenters. The molecule has 2 rings (SSSR count). The van der Waals surface area contributed by atoms with Crippen molar-refractivity contribution >= 4 is 34.7 Å². The highest BCUT2D eigenvalue weighted by Crippen LogP contribution is 2.23. The van der Waals surface area contributed by atoms with Gasteiger partial charge in [-0.15, -0.1) is 0 Å². The molecule has 2 aromatic heterocycles. The van der Waals surface area contributed by atoms with Crippen molar-refractivity contribution in [1.82, 2.24) is 25.6 Å². The third-order valence-electron chi connectivity index (χ3n) is 2.88. The van der Waals surface area contributed by atoms with Crippen LogP contribution in [0.15, 0.2) is 0 Å². The van der Waals surface area contributed by atoms with E-state index >= 15 is 0 Å². The largest absolute Gasteiger partial charge is 0.466 e. The van der Waals surface area contributed by atoms with Gasteiger partial charge in [-0.05, 0) is 13.8 Å². The van der Waals surface area contributed by atoms with Gasteiger partial charge >= 0.3 is 11.9 Å². The minimum absolute atomic E-state index is 0.00267. The summed E-state index contributed by atoms with van der Waals surface area (Å²) in [7, 11) is 0. The monoisotopic (exact) mass is 337 g/mol. The molecule has 2 heterocycles. The van der Waals surface area contributed by atoms with E-state index < -0.39 is 11.9 Å². The van der Waals surface area contributed by atoms with Crippen molar-refractivity contribution in [3.63, 3.8) is 0 Å². The molecular formula is C13H19N7O4. The summed E-state index contributed by atoms with van der Waals surface area (Å²) < 4.78 is 9.72. The molecule has 0 aromatic carbocycles. The number of hydrogen-bond donors (Lipinski definition) is 4. The predicted octanol–water partition coefficient (Wildman–Crippen LogP) is -0.480. The number of hydrogen-bond acceptors (Lipinski definition) is 10. The van der Waals surface area contributed by atoms with Crippen LogP contribution in [0.25, 0.3) is 11.0 Å². The molecule has 2 aromatic rings. The SMILES string of the molecule is CCOC(=O)CNNc1nc(N)nc2n[nH]c(CC(=O)OCC)c12. The maximum Gasteiger partial charge on any atom is 0.321 e. The molecule has 24 heavy (non-hydrogen) atoms. The number of fused-ring (bicyclic) bond motifs is 1. The van der Waals surface area contributed by atoms with Crippen molar-refractivity contribution < 1.29 is 19.1 Å². The Morgan fingerprint density at radius 2 is 1.88 bits per heavy atom. The first-order chi connectivity index (χ1) is 11.5. The average molecular weight is 337 g/mol. The van der Waals surface area contributed by atoms with Crippen LogP contribution in [0.2, 0.25) is 0 Å². The molecule has 11 heteroatoms. The number of H-pyrrole nitrogens is 1. The lowest BCUT2D eigenvalue weighted by atomic mass is 10.2. The zero-order valence-electron chi connectivity index (χ0n) is 13.4. The van der Waals surface area contributed by atoms with Crippen molar-refractivity contribution in [3.05, 3.63) is 5.69 Å². The number of anilines is 2. The van der Waals surface area contributed by atoms with E-state index in [1.807, 2.05) is 0 Å². The number of aromatic amines is 1. The van der Waals surface area contributed by atoms with Crippen molar-refractivity contribution in [2.75, 3.05) is 30.9 Å². The second-order valence-corrected chi connectivity index (χ2v) is 4.60. The van der Waals surface area contributed by atoms with Crippen molar-refractivity contribution in [2.24, 2.45) is 0 Å². The minimum atomic E-state index is -0.429. The van der Waals surface area contributed by atoms with Gasteiger partial charge in [0.2, 0.25) is 5.95 Å². The fourth-order valence-corrected chi connectivity index (χ4v) is 1.99. The lowest BCUT2D eigenvalue weighted by Crippen LogP contribution is -2.30. The molecule has 0 fully saturated rings. The number of esters is 2. The number of carbonyl (C=O) groups excluding carboxylic acids is 2. The summed E-state index contributed by atoms with van der Waals surface area (Å²) in [5.74, 6) is -0.556. The van der Waals surface area contributed by atoms with Gasteiger partial charge in [0.25, 0.3) is 0 Å². The molecule has 130 valence electrons. The lowest BCUT2D eigenvalue weighted by Gasteiger charge is -2.09. The molecule has 0 spiro atoms. The van der Waals surface area contributed by atoms with Gasteiger partial charge in [-0.25, -0.2) is 5.43 Å². The molecule has 0 saturated carbocycles. The highest BCUT2D eigenvalue weighted by Gasteiger charge is 2.17. The van der Waals surface area contributed by atoms with E-state index in [1.54, 1.807) is 13.8 Å². The third-order valence-corrected chi connectivity index (χ3v) is 2.88. The van der Waals surface area contributed by atoms with Gasteiger partial charge in [-0.1, -0.05) is 0 Å². The summed E-state index contributed by atoms with van der Waals surface area (Å²) in [5.41, 5.74) is 11.8. The Bertz CT molecular complexity index is 730. The van der Waals surface area contributed by atoms with Crippen LogP contribution in [0.1, 0.15) is 19.5 Å². The Labute approximate surface area is 137 Å². The summed E-state index contributed by atoms with van der Waals surface area (Å²) in [6.45, 7) is 3.92. The molecule has 0 saturated heterocycles. The fourth-order valence-electron chi connectivity index (χ4n) is 1.99. The van der Waals surface area contributed by atoms with Crippen LogP contribution in [0.4, 0.5) is 11.8 Å². The van der Waals surface area contributed by atoms with Gasteiger partial charge in [0.15, 0.2) is 11.5 Å². The zero-order chi connectivity index (χ0) is 17.5. The summed E-state index contributed by atoms with van der Waals surface area (Å²) in [6.07, 6.45) is -0.0236. The molecule has 11 nitrogen and oxygen atoms in total. The summed E-state index contributed by atoms with van der Waals surface area (Å²) in [6, 6.07) is 0. The van der Waals surface area contributed by atoms with Crippen molar-refractivity contribution in [2.45, 2.75) is 20.3 Å². The molecule has 5 N–H and O–H groups in total. The Morgan fingerprint density at radius 3 is 2.58 bits per heavy atom. The standard InChI is InChI=1S/C13H19N7O4/c1-3-23-8(21)5-7-10-11(19-15-6-9(22)24-4-2)16-13(14)17-12(10)20-18-7/h15H,3-6H2,1-2H3,(H4,14,16,17,18,19,20). The number of nitrogens with one attached hydrogen (secondary N) is 3. The van der Waals surface area contributed by atoms with Crippen LogP contribution < -0.4 is 16.6 Å². The molecule has 0 bridgehead atoms. The summed E-state index contributed by atoms with van der Waals surface area (Å²) in [4.78, 5) is 31.1. The maximum absolute atomic E-state index is 11.7. The Kier molecular flexibility index (Phi) is 5.84. The van der Waals surface area contributed by atoms with Crippen LogP contribution >= 0.6 is 0 Å². The normalized spacial score (nSPS) is 10.6. The first kappa shape index (κ1) is 17.4. The number of nitrogens with two attached hydrogens (primary N) is 1. The molecule has 0 aliphatic heterocycles. The highest BCUT2D eigenvalue weighted by atomic mass is 16.5. The number of aromatic nitrogens is 4. The molecular weight excluding hydrogens is 318 g/mol. The first-order valence-corrected chi connectivity index (χ1v) is 7.35. The number of rotatable bonds is 8. The Morgan fingerprint density at radius 1 is 1.17 bits per heavy atom. The maximum atomic E-state index is 11.7. The van der Waals surface area contributed by atoms with Crippen LogP contribution in [0, 0.1) is 0 Å². The predicted molar refractivity (Wildman–Crippen MR) is 84.7 cm³/mol. The third kappa shape index (κ3) is 4.29. The fraction of sp³-hybridized carbons (Fsp3) is 0.462. The van der Waals surface area contributed by atoms with E-state index in [4.69, 9.17) is 15.2 Å². The number of carbonyl (C=O) groups is 2. The second-order valence-electron chi connectivity index (χ2n) is 4.60. The van der Waals surface area contributed by atoms with E-state index in [0.717, 1.165) is 0 Å². The number of nitrogen functional groups attached to an aromatic ring is 1. The van der Waals surface area contributed by atoms with E-state index in [2.05, 4.69) is 31.0 Å². The van der Waals surface area contributed by atoms with Crippen molar-refractivity contribution in [3.8, 4) is 0 Å². The van der Waals surface area contributed by atoms with Crippen LogP contribution in [0.5, 0.6) is 0 Å². The topological polar surface area (TPSA) is 157 Å². The molecule has 0 atom stereocenters. The van der Waals surface area contributed by atoms with Crippen molar-refractivity contribution in [1.29, 1.82) is 0 Å². The van der Waals surface area contributed by atoms with Gasteiger partial charge in [-0.3, -0.25) is 14.7 Å².